The number of ether oxygens (including phenoxy) is 1. The second-order valence-corrected chi connectivity index (χ2v) is 9.05. The van der Waals surface area contributed by atoms with Crippen LogP contribution in [-0.2, 0) is 10.9 Å². The van der Waals surface area contributed by atoms with Crippen molar-refractivity contribution in [2.45, 2.75) is 32.9 Å². The molecule has 2 amide bonds. The first-order valence-electron chi connectivity index (χ1n) is 12.2. The van der Waals surface area contributed by atoms with Gasteiger partial charge in [-0.3, -0.25) is 0 Å². The number of pyridine rings is 1. The summed E-state index contributed by atoms with van der Waals surface area (Å²) in [7, 11) is 0. The Morgan fingerprint density at radius 1 is 1.24 bits per heavy atom. The van der Waals surface area contributed by atoms with Crippen LogP contribution < -0.4 is 10.2 Å². The maximum Gasteiger partial charge on any atom is 0.434 e. The average molecular weight is 530 g/mol. The van der Waals surface area contributed by atoms with Gasteiger partial charge in [0.25, 0.3) is 0 Å². The molecule has 3 rings (SSSR count). The Kier molecular flexibility index (Phi) is 8.99. The number of anilines is 1. The van der Waals surface area contributed by atoms with Crippen molar-refractivity contribution in [1.82, 2.24) is 15.2 Å². The molecule has 0 saturated carbocycles. The van der Waals surface area contributed by atoms with Crippen molar-refractivity contribution < 1.29 is 27.5 Å². The van der Waals surface area contributed by atoms with Crippen molar-refractivity contribution in [2.24, 2.45) is 0 Å². The lowest BCUT2D eigenvalue weighted by Gasteiger charge is -2.36. The highest BCUT2D eigenvalue weighted by Gasteiger charge is 2.40. The molecule has 1 atom stereocenters. The molecule has 1 aromatic heterocycles. The summed E-state index contributed by atoms with van der Waals surface area (Å²) in [5.74, 6) is -1.32. The summed E-state index contributed by atoms with van der Waals surface area (Å²) in [5, 5.41) is 12.5. The van der Waals surface area contributed by atoms with Crippen LogP contribution >= 0.6 is 0 Å². The molecule has 0 radical (unpaired) electrons. The molecule has 1 aliphatic rings. The second kappa shape index (κ2) is 12.0. The van der Waals surface area contributed by atoms with Gasteiger partial charge in [-0.05, 0) is 37.0 Å². The highest BCUT2D eigenvalue weighted by molar-refractivity contribution is 5.92. The van der Waals surface area contributed by atoms with Crippen LogP contribution in [0.4, 0.5) is 23.8 Å². The van der Waals surface area contributed by atoms with Crippen LogP contribution in [0.2, 0.25) is 0 Å². The van der Waals surface area contributed by atoms with Gasteiger partial charge in [0, 0.05) is 32.7 Å². The molecule has 2 heterocycles. The molecule has 8 nitrogen and oxygen atoms in total. The fourth-order valence-corrected chi connectivity index (χ4v) is 4.11. The number of carbonyl (C=O) groups excluding carboxylic acids is 2. The summed E-state index contributed by atoms with van der Waals surface area (Å²) >= 11 is 0. The number of aromatic nitrogens is 1. The molecule has 0 aliphatic carbocycles. The minimum atomic E-state index is -4.92. The van der Waals surface area contributed by atoms with Gasteiger partial charge in [0.05, 0.1) is 17.7 Å². The molecule has 1 aromatic carbocycles. The number of nitrogens with zero attached hydrogens (tertiary/aromatic N) is 4. The van der Waals surface area contributed by atoms with Crippen molar-refractivity contribution in [2.75, 3.05) is 44.2 Å². The molecule has 0 bridgehead atoms. The lowest BCUT2D eigenvalue weighted by atomic mass is 9.97. The molecule has 1 N–H and O–H groups in total. The number of hydrogen-bond acceptors (Lipinski definition) is 6. The largest absolute Gasteiger partial charge is 0.462 e. The molecule has 1 saturated heterocycles. The summed E-state index contributed by atoms with van der Waals surface area (Å²) in [5.41, 5.74) is 0.664. The van der Waals surface area contributed by atoms with Gasteiger partial charge in [-0.15, -0.1) is 0 Å². The highest BCUT2D eigenvalue weighted by atomic mass is 19.4. The number of nitriles is 1. The fraction of sp³-hybridized carbons (Fsp3) is 0.407. The summed E-state index contributed by atoms with van der Waals surface area (Å²) in [4.78, 5) is 31.6. The van der Waals surface area contributed by atoms with E-state index in [9.17, 15) is 28.0 Å². The Balaban J connectivity index is 1.67. The standard InChI is InChI=1S/C27H30F3N5O3/c1-5-38-25(36)22-14-21(15-31)24(33-23(22)27(28,29)30)34-9-11-35(12-10-34)26(37)32-16-18(4)20-8-6-7-19(13-20)17(2)3/h6-8,13-14,18H,2,5,9-12,16H2,1,3-4H3,(H,32,37). The summed E-state index contributed by atoms with van der Waals surface area (Å²) in [6.45, 7) is 10.4. The second-order valence-electron chi connectivity index (χ2n) is 9.05. The van der Waals surface area contributed by atoms with E-state index in [2.05, 4.69) is 16.9 Å². The molecule has 1 fully saturated rings. The Hall–Kier alpha value is -4.07. The number of piperazine rings is 1. The SMILES string of the molecule is C=C(C)c1cccc(C(C)CNC(=O)N2CCN(c3nc(C(F)(F)F)c(C(=O)OCC)cc3C#N)CC2)c1. The third kappa shape index (κ3) is 6.62. The number of allylic oxidation sites excluding steroid dienone is 1. The number of carbonyl (C=O) groups is 2. The zero-order chi connectivity index (χ0) is 28.0. The van der Waals surface area contributed by atoms with Crippen molar-refractivity contribution in [1.29, 1.82) is 5.26 Å². The average Bonchev–Trinajstić information content (AvgIpc) is 2.90. The Bertz CT molecular complexity index is 1250. The number of halogens is 3. The van der Waals surface area contributed by atoms with E-state index in [1.165, 1.54) is 11.8 Å². The normalized spacial score (nSPS) is 14.4. The molecule has 11 heteroatoms. The highest BCUT2D eigenvalue weighted by Crippen LogP contribution is 2.34. The number of esters is 1. The van der Waals surface area contributed by atoms with Crippen LogP contribution in [-0.4, -0.2) is 61.2 Å². The Morgan fingerprint density at radius 2 is 1.92 bits per heavy atom. The first-order chi connectivity index (χ1) is 18.0. The number of urea groups is 1. The smallest absolute Gasteiger partial charge is 0.434 e. The summed E-state index contributed by atoms with van der Waals surface area (Å²) < 4.78 is 45.8. The number of alkyl halides is 3. The van der Waals surface area contributed by atoms with Gasteiger partial charge < -0.3 is 19.9 Å². The quantitative estimate of drug-likeness (QED) is 0.517. The molecular formula is C27H30F3N5O3. The van der Waals surface area contributed by atoms with Crippen molar-refractivity contribution >= 4 is 23.4 Å². The zero-order valence-electron chi connectivity index (χ0n) is 21.6. The van der Waals surface area contributed by atoms with E-state index in [0.29, 0.717) is 6.54 Å². The minimum absolute atomic E-state index is 0.0561. The maximum absolute atomic E-state index is 13.7. The van der Waals surface area contributed by atoms with Crippen LogP contribution in [0.3, 0.4) is 0 Å². The number of hydrogen-bond donors (Lipinski definition) is 1. The molecule has 202 valence electrons. The Morgan fingerprint density at radius 3 is 2.50 bits per heavy atom. The molecule has 1 unspecified atom stereocenters. The predicted molar refractivity (Wildman–Crippen MR) is 137 cm³/mol. The zero-order valence-corrected chi connectivity index (χ0v) is 21.6. The van der Waals surface area contributed by atoms with Gasteiger partial charge in [-0.1, -0.05) is 43.3 Å². The van der Waals surface area contributed by atoms with Crippen molar-refractivity contribution in [3.8, 4) is 6.07 Å². The minimum Gasteiger partial charge on any atom is -0.462 e. The van der Waals surface area contributed by atoms with Gasteiger partial charge in [-0.2, -0.15) is 18.4 Å². The summed E-state index contributed by atoms with van der Waals surface area (Å²) in [6, 6.07) is 10.4. The van der Waals surface area contributed by atoms with E-state index in [1.54, 1.807) is 4.90 Å². The van der Waals surface area contributed by atoms with E-state index >= 15 is 0 Å². The fourth-order valence-electron chi connectivity index (χ4n) is 4.11. The van der Waals surface area contributed by atoms with Gasteiger partial charge in [0.2, 0.25) is 0 Å². The van der Waals surface area contributed by atoms with Gasteiger partial charge >= 0.3 is 18.2 Å². The number of benzene rings is 1. The number of nitrogens with one attached hydrogen (secondary N) is 1. The monoisotopic (exact) mass is 529 g/mol. The molecular weight excluding hydrogens is 499 g/mol. The third-order valence-corrected chi connectivity index (χ3v) is 6.26. The summed E-state index contributed by atoms with van der Waals surface area (Å²) in [6.07, 6.45) is -4.92. The van der Waals surface area contributed by atoms with Gasteiger partial charge in [0.15, 0.2) is 5.69 Å². The van der Waals surface area contributed by atoms with Crippen LogP contribution in [0.5, 0.6) is 0 Å². The van der Waals surface area contributed by atoms with E-state index in [4.69, 9.17) is 4.74 Å². The van der Waals surface area contributed by atoms with Crippen molar-refractivity contribution in [3.63, 3.8) is 0 Å². The van der Waals surface area contributed by atoms with E-state index in [0.717, 1.165) is 22.8 Å². The van der Waals surface area contributed by atoms with Crippen molar-refractivity contribution in [3.05, 3.63) is 64.9 Å². The topological polar surface area (TPSA) is 98.6 Å². The first kappa shape index (κ1) is 28.5. The molecule has 2 aromatic rings. The first-order valence-corrected chi connectivity index (χ1v) is 12.2. The third-order valence-electron chi connectivity index (χ3n) is 6.26. The number of rotatable bonds is 7. The predicted octanol–water partition coefficient (Wildman–Crippen LogP) is 4.82. The van der Waals surface area contributed by atoms with Crippen LogP contribution in [0.25, 0.3) is 5.57 Å². The van der Waals surface area contributed by atoms with E-state index in [1.807, 2.05) is 44.2 Å². The number of amides is 2. The van der Waals surface area contributed by atoms with E-state index in [-0.39, 0.29) is 56.1 Å². The molecule has 0 spiro atoms. The molecule has 1 aliphatic heterocycles. The van der Waals surface area contributed by atoms with Crippen LogP contribution in [0.1, 0.15) is 59.4 Å². The lowest BCUT2D eigenvalue weighted by molar-refractivity contribution is -0.141. The van der Waals surface area contributed by atoms with Crippen LogP contribution in [0, 0.1) is 11.3 Å². The maximum atomic E-state index is 13.7. The van der Waals surface area contributed by atoms with Gasteiger partial charge in [-0.25, -0.2) is 14.6 Å². The Labute approximate surface area is 219 Å². The van der Waals surface area contributed by atoms with Crippen LogP contribution in [0.15, 0.2) is 36.9 Å². The molecule has 38 heavy (non-hydrogen) atoms. The lowest BCUT2D eigenvalue weighted by Crippen LogP contribution is -2.52. The van der Waals surface area contributed by atoms with Gasteiger partial charge in [0.1, 0.15) is 11.9 Å². The van der Waals surface area contributed by atoms with E-state index < -0.39 is 23.4 Å².